The fourth-order valence-corrected chi connectivity index (χ4v) is 3.35. The molecule has 3 rings (SSSR count). The number of nitrogens with zero attached hydrogens (tertiary/aromatic N) is 6. The molecule has 1 saturated carbocycles. The van der Waals surface area contributed by atoms with Crippen molar-refractivity contribution in [2.75, 3.05) is 51.7 Å². The van der Waals surface area contributed by atoms with E-state index in [0.29, 0.717) is 6.04 Å². The van der Waals surface area contributed by atoms with Gasteiger partial charge in [0, 0.05) is 58.7 Å². The lowest BCUT2D eigenvalue weighted by Crippen LogP contribution is -2.54. The molecule has 142 valence electrons. The Hall–Kier alpha value is -2.38. The highest BCUT2D eigenvalue weighted by atomic mass is 16.2. The van der Waals surface area contributed by atoms with Crippen LogP contribution in [0.3, 0.4) is 0 Å². The Kier molecular flexibility index (Phi) is 6.25. The van der Waals surface area contributed by atoms with E-state index in [1.165, 1.54) is 25.7 Å². The summed E-state index contributed by atoms with van der Waals surface area (Å²) in [6, 6.07) is 2.30. The second-order valence-electron chi connectivity index (χ2n) is 7.08. The van der Waals surface area contributed by atoms with Gasteiger partial charge < -0.3 is 20.0 Å². The molecule has 0 atom stereocenters. The predicted octanol–water partition coefficient (Wildman–Crippen LogP) is 0.575. The summed E-state index contributed by atoms with van der Waals surface area (Å²) < 4.78 is 0. The van der Waals surface area contributed by atoms with Gasteiger partial charge in [-0.25, -0.2) is 15.0 Å². The number of likely N-dealkylation sites (N-methyl/N-ethyl adjacent to an activating group) is 1. The van der Waals surface area contributed by atoms with Crippen molar-refractivity contribution in [3.63, 3.8) is 0 Å². The number of nitrogens with one attached hydrogen (secondary N) is 1. The van der Waals surface area contributed by atoms with Crippen LogP contribution >= 0.6 is 0 Å². The van der Waals surface area contributed by atoms with Gasteiger partial charge >= 0.3 is 0 Å². The van der Waals surface area contributed by atoms with Gasteiger partial charge in [0.25, 0.3) is 0 Å². The lowest BCUT2D eigenvalue weighted by atomic mass is 10.2. The van der Waals surface area contributed by atoms with Crippen LogP contribution in [0, 0.1) is 0 Å². The largest absolute Gasteiger partial charge is 0.353 e. The number of anilines is 1. The van der Waals surface area contributed by atoms with E-state index in [1.54, 1.807) is 31.4 Å². The smallest absolute Gasteiger partial charge is 0.243 e. The van der Waals surface area contributed by atoms with Crippen LogP contribution < -0.4 is 10.2 Å². The highest BCUT2D eigenvalue weighted by Crippen LogP contribution is 2.18. The Labute approximate surface area is 155 Å². The van der Waals surface area contributed by atoms with E-state index in [9.17, 15) is 4.79 Å². The number of piperazine rings is 1. The molecule has 2 heterocycles. The first-order valence-corrected chi connectivity index (χ1v) is 9.41. The van der Waals surface area contributed by atoms with E-state index in [2.05, 4.69) is 30.1 Å². The zero-order chi connectivity index (χ0) is 18.4. The summed E-state index contributed by atoms with van der Waals surface area (Å²) in [4.78, 5) is 31.3. The standard InChI is InChI=1S/C18H29N7O/c1-23(2)16(26)14-21-18(22-15-6-3-4-7-15)25-12-10-24(11-13-25)17-19-8-5-9-20-17/h5,8-9,15H,3-4,6-7,10-14H2,1-2H3,(H,21,22). The van der Waals surface area contributed by atoms with Crippen LogP contribution in [-0.4, -0.2) is 84.5 Å². The van der Waals surface area contributed by atoms with Gasteiger partial charge in [-0.3, -0.25) is 4.79 Å². The second-order valence-corrected chi connectivity index (χ2v) is 7.08. The van der Waals surface area contributed by atoms with Crippen LogP contribution in [0.1, 0.15) is 25.7 Å². The topological polar surface area (TPSA) is 77.0 Å². The van der Waals surface area contributed by atoms with Gasteiger partial charge in [-0.1, -0.05) is 12.8 Å². The van der Waals surface area contributed by atoms with Crippen molar-refractivity contribution in [3.8, 4) is 0 Å². The molecular weight excluding hydrogens is 330 g/mol. The third-order valence-electron chi connectivity index (χ3n) is 4.97. The first kappa shape index (κ1) is 18.4. The normalized spacial score (nSPS) is 18.9. The molecule has 1 aliphatic heterocycles. The number of aliphatic imine (C=N–C) groups is 1. The van der Waals surface area contributed by atoms with Crippen molar-refractivity contribution in [3.05, 3.63) is 18.5 Å². The third-order valence-corrected chi connectivity index (χ3v) is 4.97. The van der Waals surface area contributed by atoms with Gasteiger partial charge in [-0.2, -0.15) is 0 Å². The number of hydrogen-bond donors (Lipinski definition) is 1. The van der Waals surface area contributed by atoms with Crippen LogP contribution in [0.2, 0.25) is 0 Å². The monoisotopic (exact) mass is 359 g/mol. The maximum Gasteiger partial charge on any atom is 0.243 e. The Bertz CT molecular complexity index is 605. The average Bonchev–Trinajstić information content (AvgIpc) is 3.19. The maximum absolute atomic E-state index is 12.0. The molecule has 1 saturated heterocycles. The Morgan fingerprint density at radius 3 is 2.46 bits per heavy atom. The number of rotatable bonds is 4. The average molecular weight is 359 g/mol. The van der Waals surface area contributed by atoms with Crippen LogP contribution in [0.15, 0.2) is 23.5 Å². The molecule has 0 unspecified atom stereocenters. The van der Waals surface area contributed by atoms with E-state index in [0.717, 1.165) is 38.1 Å². The number of amides is 1. The summed E-state index contributed by atoms with van der Waals surface area (Å²) in [5, 5.41) is 3.59. The zero-order valence-corrected chi connectivity index (χ0v) is 15.8. The molecule has 0 aromatic carbocycles. The summed E-state index contributed by atoms with van der Waals surface area (Å²) in [6.07, 6.45) is 8.44. The van der Waals surface area contributed by atoms with Gasteiger partial charge in [0.2, 0.25) is 11.9 Å². The molecule has 1 N–H and O–H groups in total. The van der Waals surface area contributed by atoms with E-state index < -0.39 is 0 Å². The van der Waals surface area contributed by atoms with Crippen molar-refractivity contribution in [2.45, 2.75) is 31.7 Å². The van der Waals surface area contributed by atoms with Gasteiger partial charge in [0.1, 0.15) is 6.54 Å². The summed E-state index contributed by atoms with van der Waals surface area (Å²) in [5.41, 5.74) is 0. The highest BCUT2D eigenvalue weighted by Gasteiger charge is 2.24. The van der Waals surface area contributed by atoms with Gasteiger partial charge in [-0.05, 0) is 18.9 Å². The zero-order valence-electron chi connectivity index (χ0n) is 15.8. The molecule has 2 aliphatic rings. The molecule has 8 heteroatoms. The first-order valence-electron chi connectivity index (χ1n) is 9.41. The Morgan fingerprint density at radius 1 is 1.19 bits per heavy atom. The minimum atomic E-state index is 0.0204. The van der Waals surface area contributed by atoms with Crippen LogP contribution in [0.25, 0.3) is 0 Å². The molecule has 1 aliphatic carbocycles. The van der Waals surface area contributed by atoms with Crippen molar-refractivity contribution in [2.24, 2.45) is 4.99 Å². The molecule has 0 radical (unpaired) electrons. The molecule has 0 bridgehead atoms. The van der Waals surface area contributed by atoms with Crippen molar-refractivity contribution in [1.29, 1.82) is 0 Å². The molecular formula is C18H29N7O. The lowest BCUT2D eigenvalue weighted by Gasteiger charge is -2.37. The number of aromatic nitrogens is 2. The minimum Gasteiger partial charge on any atom is -0.353 e. The fourth-order valence-electron chi connectivity index (χ4n) is 3.35. The van der Waals surface area contributed by atoms with Crippen LogP contribution in [-0.2, 0) is 4.79 Å². The highest BCUT2D eigenvalue weighted by molar-refractivity contribution is 5.85. The predicted molar refractivity (Wildman–Crippen MR) is 102 cm³/mol. The van der Waals surface area contributed by atoms with Gasteiger partial charge in [-0.15, -0.1) is 0 Å². The SMILES string of the molecule is CN(C)C(=O)CN=C(NC1CCCC1)N1CCN(c2ncccn2)CC1. The molecule has 0 spiro atoms. The summed E-state index contributed by atoms with van der Waals surface area (Å²) >= 11 is 0. The van der Waals surface area contributed by atoms with Crippen LogP contribution in [0.5, 0.6) is 0 Å². The van der Waals surface area contributed by atoms with E-state index in [1.807, 2.05) is 6.07 Å². The molecule has 2 fully saturated rings. The minimum absolute atomic E-state index is 0.0204. The first-order chi connectivity index (χ1) is 12.6. The molecule has 26 heavy (non-hydrogen) atoms. The molecule has 1 aromatic heterocycles. The van der Waals surface area contributed by atoms with Crippen molar-refractivity contribution in [1.82, 2.24) is 25.1 Å². The quantitative estimate of drug-likeness (QED) is 0.626. The molecule has 8 nitrogen and oxygen atoms in total. The summed E-state index contributed by atoms with van der Waals surface area (Å²) in [6.45, 7) is 3.55. The van der Waals surface area contributed by atoms with E-state index >= 15 is 0 Å². The third kappa shape index (κ3) is 4.83. The number of carbonyl (C=O) groups is 1. The fraction of sp³-hybridized carbons (Fsp3) is 0.667. The number of carbonyl (C=O) groups excluding carboxylic acids is 1. The van der Waals surface area contributed by atoms with Crippen molar-refractivity contribution < 1.29 is 4.79 Å². The molecule has 1 aromatic rings. The van der Waals surface area contributed by atoms with Gasteiger partial charge in [0.15, 0.2) is 5.96 Å². The Morgan fingerprint density at radius 2 is 1.85 bits per heavy atom. The number of hydrogen-bond acceptors (Lipinski definition) is 5. The maximum atomic E-state index is 12.0. The second kappa shape index (κ2) is 8.82. The molecule has 1 amide bonds. The van der Waals surface area contributed by atoms with Crippen molar-refractivity contribution >= 4 is 17.8 Å². The Balaban J connectivity index is 1.62. The van der Waals surface area contributed by atoms with Crippen LogP contribution in [0.4, 0.5) is 5.95 Å². The van der Waals surface area contributed by atoms with E-state index in [-0.39, 0.29) is 12.5 Å². The van der Waals surface area contributed by atoms with E-state index in [4.69, 9.17) is 0 Å². The summed E-state index contributed by atoms with van der Waals surface area (Å²) in [5.74, 6) is 1.66. The van der Waals surface area contributed by atoms with Gasteiger partial charge in [0.05, 0.1) is 0 Å². The lowest BCUT2D eigenvalue weighted by molar-refractivity contribution is -0.127. The number of guanidine groups is 1. The summed E-state index contributed by atoms with van der Waals surface area (Å²) in [7, 11) is 3.53.